The van der Waals surface area contributed by atoms with Gasteiger partial charge in [-0.2, -0.15) is 0 Å². The molecule has 6 nitrogen and oxygen atoms in total. The highest BCUT2D eigenvalue weighted by molar-refractivity contribution is 5.66. The maximum Gasteiger partial charge on any atom is 0.303 e. The number of carbonyl (C=O) groups is 2. The number of aliphatic carboxylic acids is 2. The quantitative estimate of drug-likeness (QED) is 0.411. The van der Waals surface area contributed by atoms with Gasteiger partial charge in [0, 0.05) is 18.3 Å². The van der Waals surface area contributed by atoms with Gasteiger partial charge in [0.05, 0.1) is 13.2 Å². The van der Waals surface area contributed by atoms with E-state index < -0.39 is 11.9 Å². The fraction of sp³-hybridized carbons (Fsp3) is 0.875. The van der Waals surface area contributed by atoms with Gasteiger partial charge < -0.3 is 20.4 Å². The number of carboxylic acid groups (broad SMARTS) is 2. The molecule has 0 aliphatic heterocycles. The summed E-state index contributed by atoms with van der Waals surface area (Å²) >= 11 is 0. The number of aliphatic hydroxyl groups is 2. The number of rotatable bonds is 12. The smallest absolute Gasteiger partial charge is 0.303 e. The third kappa shape index (κ3) is 21.2. The molecule has 6 heteroatoms. The molecule has 0 bridgehead atoms. The van der Waals surface area contributed by atoms with Crippen LogP contribution < -0.4 is 0 Å². The molecule has 0 heterocycles. The van der Waals surface area contributed by atoms with Gasteiger partial charge in [0.15, 0.2) is 0 Å². The number of aliphatic hydroxyl groups excluding tert-OH is 2. The van der Waals surface area contributed by atoms with Gasteiger partial charge in [0.2, 0.25) is 0 Å². The average Bonchev–Trinajstić information content (AvgIpc) is 2.45. The number of unbranched alkanes of at least 4 members (excludes halogenated alkanes) is 6. The Kier molecular flexibility index (Phi) is 15.5. The minimum atomic E-state index is -0.726. The topological polar surface area (TPSA) is 115 Å². The van der Waals surface area contributed by atoms with Crippen molar-refractivity contribution >= 4 is 11.9 Å². The summed E-state index contributed by atoms with van der Waals surface area (Å²) in [6.07, 6.45) is 7.16. The molecule has 0 unspecified atom stereocenters. The molecular formula is C16H32O6. The zero-order valence-corrected chi connectivity index (χ0v) is 13.9. The molecule has 0 rings (SSSR count). The number of carboxylic acids is 2. The SMILES string of the molecule is CC(C)(CO)CO.O=C(O)CCCCCCCCCC(=O)O. The third-order valence-electron chi connectivity index (χ3n) is 3.14. The number of hydrogen-bond acceptors (Lipinski definition) is 4. The molecule has 22 heavy (non-hydrogen) atoms. The number of hydrogen-bond donors (Lipinski definition) is 4. The fourth-order valence-corrected chi connectivity index (χ4v) is 1.49. The summed E-state index contributed by atoms with van der Waals surface area (Å²) in [5.41, 5.74) is -0.306. The first-order chi connectivity index (χ1) is 10.2. The molecule has 0 atom stereocenters. The lowest BCUT2D eigenvalue weighted by Gasteiger charge is -2.16. The lowest BCUT2D eigenvalue weighted by Crippen LogP contribution is -2.20. The Morgan fingerprint density at radius 1 is 0.682 bits per heavy atom. The van der Waals surface area contributed by atoms with Crippen LogP contribution in [0.15, 0.2) is 0 Å². The first kappa shape index (κ1) is 23.1. The van der Waals surface area contributed by atoms with Crippen molar-refractivity contribution in [2.45, 2.75) is 71.6 Å². The fourth-order valence-electron chi connectivity index (χ4n) is 1.49. The Morgan fingerprint density at radius 3 is 1.14 bits per heavy atom. The molecule has 0 aromatic carbocycles. The van der Waals surface area contributed by atoms with Crippen molar-refractivity contribution in [2.75, 3.05) is 13.2 Å². The van der Waals surface area contributed by atoms with Crippen molar-refractivity contribution in [3.05, 3.63) is 0 Å². The van der Waals surface area contributed by atoms with E-state index in [1.165, 1.54) is 0 Å². The summed E-state index contributed by atoms with van der Waals surface area (Å²) in [6, 6.07) is 0. The zero-order valence-electron chi connectivity index (χ0n) is 13.9. The maximum atomic E-state index is 10.2. The van der Waals surface area contributed by atoms with E-state index in [1.54, 1.807) is 13.8 Å². The second-order valence-electron chi connectivity index (χ2n) is 6.24. The first-order valence-electron chi connectivity index (χ1n) is 7.90. The van der Waals surface area contributed by atoms with E-state index in [4.69, 9.17) is 20.4 Å². The Bertz CT molecular complexity index is 262. The largest absolute Gasteiger partial charge is 0.481 e. The van der Waals surface area contributed by atoms with Crippen molar-refractivity contribution < 1.29 is 30.0 Å². The van der Waals surface area contributed by atoms with Gasteiger partial charge in [-0.15, -0.1) is 0 Å². The summed E-state index contributed by atoms with van der Waals surface area (Å²) in [6.45, 7) is 3.69. The van der Waals surface area contributed by atoms with Crippen LogP contribution in [-0.2, 0) is 9.59 Å². The Balaban J connectivity index is 0. The highest BCUT2D eigenvalue weighted by Crippen LogP contribution is 2.10. The highest BCUT2D eigenvalue weighted by atomic mass is 16.4. The first-order valence-corrected chi connectivity index (χ1v) is 7.90. The van der Waals surface area contributed by atoms with E-state index >= 15 is 0 Å². The second kappa shape index (κ2) is 14.8. The van der Waals surface area contributed by atoms with Gasteiger partial charge in [0.1, 0.15) is 0 Å². The van der Waals surface area contributed by atoms with Crippen LogP contribution in [0.2, 0.25) is 0 Å². The van der Waals surface area contributed by atoms with Crippen LogP contribution in [0.25, 0.3) is 0 Å². The molecular weight excluding hydrogens is 288 g/mol. The minimum absolute atomic E-state index is 0.0451. The van der Waals surface area contributed by atoms with Crippen LogP contribution in [0.1, 0.15) is 71.6 Å². The van der Waals surface area contributed by atoms with E-state index in [-0.39, 0.29) is 31.5 Å². The summed E-state index contributed by atoms with van der Waals surface area (Å²) in [5, 5.41) is 33.6. The van der Waals surface area contributed by atoms with Gasteiger partial charge in [0.25, 0.3) is 0 Å². The van der Waals surface area contributed by atoms with Crippen LogP contribution in [0.4, 0.5) is 0 Å². The van der Waals surface area contributed by atoms with Gasteiger partial charge >= 0.3 is 11.9 Å². The molecule has 0 amide bonds. The summed E-state index contributed by atoms with van der Waals surface area (Å²) in [7, 11) is 0. The second-order valence-corrected chi connectivity index (χ2v) is 6.24. The lowest BCUT2D eigenvalue weighted by atomic mass is 9.97. The molecule has 0 aliphatic carbocycles. The van der Waals surface area contributed by atoms with Crippen LogP contribution in [0.5, 0.6) is 0 Å². The van der Waals surface area contributed by atoms with E-state index in [2.05, 4.69) is 0 Å². The van der Waals surface area contributed by atoms with Crippen molar-refractivity contribution in [1.82, 2.24) is 0 Å². The molecule has 4 N–H and O–H groups in total. The Morgan fingerprint density at radius 2 is 0.955 bits per heavy atom. The maximum absolute atomic E-state index is 10.2. The van der Waals surface area contributed by atoms with Crippen molar-refractivity contribution in [3.63, 3.8) is 0 Å². The van der Waals surface area contributed by atoms with Gasteiger partial charge in [-0.3, -0.25) is 9.59 Å². The zero-order chi connectivity index (χ0) is 17.4. The van der Waals surface area contributed by atoms with Gasteiger partial charge in [-0.1, -0.05) is 46.0 Å². The Hall–Kier alpha value is -1.14. The Labute approximate surface area is 133 Å². The van der Waals surface area contributed by atoms with Crippen LogP contribution in [0.3, 0.4) is 0 Å². The monoisotopic (exact) mass is 320 g/mol. The average molecular weight is 320 g/mol. The van der Waals surface area contributed by atoms with Crippen LogP contribution >= 0.6 is 0 Å². The minimum Gasteiger partial charge on any atom is -0.481 e. The third-order valence-corrected chi connectivity index (χ3v) is 3.14. The highest BCUT2D eigenvalue weighted by Gasteiger charge is 2.13. The van der Waals surface area contributed by atoms with Crippen LogP contribution in [-0.4, -0.2) is 45.6 Å². The summed E-state index contributed by atoms with van der Waals surface area (Å²) in [5.74, 6) is -1.45. The molecule has 0 aromatic heterocycles. The molecule has 0 saturated heterocycles. The van der Waals surface area contributed by atoms with Gasteiger partial charge in [-0.25, -0.2) is 0 Å². The van der Waals surface area contributed by atoms with Crippen molar-refractivity contribution in [2.24, 2.45) is 5.41 Å². The van der Waals surface area contributed by atoms with E-state index in [9.17, 15) is 9.59 Å². The van der Waals surface area contributed by atoms with E-state index in [0.717, 1.165) is 44.9 Å². The van der Waals surface area contributed by atoms with Crippen LogP contribution in [0, 0.1) is 5.41 Å². The molecule has 132 valence electrons. The lowest BCUT2D eigenvalue weighted by molar-refractivity contribution is -0.138. The predicted octanol–water partition coefficient (Wildman–Crippen LogP) is 2.66. The molecule has 0 radical (unpaired) electrons. The van der Waals surface area contributed by atoms with E-state index in [1.807, 2.05) is 0 Å². The normalized spacial score (nSPS) is 10.7. The molecule has 0 aliphatic rings. The molecule has 0 aromatic rings. The molecule has 0 saturated carbocycles. The van der Waals surface area contributed by atoms with Crippen molar-refractivity contribution in [3.8, 4) is 0 Å². The molecule has 0 spiro atoms. The summed E-state index contributed by atoms with van der Waals surface area (Å²) in [4.78, 5) is 20.4. The van der Waals surface area contributed by atoms with Crippen molar-refractivity contribution in [1.29, 1.82) is 0 Å². The predicted molar refractivity (Wildman–Crippen MR) is 84.8 cm³/mol. The molecule has 0 fully saturated rings. The van der Waals surface area contributed by atoms with E-state index in [0.29, 0.717) is 0 Å². The standard InChI is InChI=1S/C11H20O4.C5H12O2/c12-10(13)8-6-4-2-1-3-5-7-9-11(14)15;1-5(2,3-6)4-7/h1-9H2,(H,12,13)(H,14,15);6-7H,3-4H2,1-2H3. The summed E-state index contributed by atoms with van der Waals surface area (Å²) < 4.78 is 0. The van der Waals surface area contributed by atoms with Gasteiger partial charge in [-0.05, 0) is 12.8 Å².